The van der Waals surface area contributed by atoms with Crippen molar-refractivity contribution in [1.82, 2.24) is 0 Å². The molecule has 2 N–H and O–H groups in total. The molecule has 1 fully saturated rings. The standard InChI is InChI=1S/C17H26N2O4S/c1-10-8-19(9-11(2)23-10)7-6-14(20)18-16-15(17(21)22-5)12(3)13(4)24-16/h10-11H,6-9H2,1-5H3,(H,18,20)/p+1. The number of methoxy groups -OCH3 is 1. The molecule has 0 aliphatic carbocycles. The van der Waals surface area contributed by atoms with E-state index in [1.807, 2.05) is 13.8 Å². The number of quaternary nitrogens is 1. The number of hydrogen-bond acceptors (Lipinski definition) is 5. The summed E-state index contributed by atoms with van der Waals surface area (Å²) >= 11 is 1.42. The number of carbonyl (C=O) groups is 2. The number of amides is 1. The van der Waals surface area contributed by atoms with Gasteiger partial charge in [-0.15, -0.1) is 11.3 Å². The summed E-state index contributed by atoms with van der Waals surface area (Å²) in [5, 5.41) is 3.47. The van der Waals surface area contributed by atoms with E-state index >= 15 is 0 Å². The molecule has 1 aromatic rings. The number of thiophene rings is 1. The highest BCUT2D eigenvalue weighted by Gasteiger charge is 2.26. The average molecular weight is 355 g/mol. The smallest absolute Gasteiger partial charge is 0.341 e. The maximum absolute atomic E-state index is 12.3. The molecule has 0 saturated carbocycles. The van der Waals surface area contributed by atoms with Gasteiger partial charge in [-0.05, 0) is 33.3 Å². The van der Waals surface area contributed by atoms with Crippen molar-refractivity contribution in [3.63, 3.8) is 0 Å². The number of aryl methyl sites for hydroxylation is 1. The number of nitrogens with one attached hydrogen (secondary N) is 2. The SMILES string of the molecule is COC(=O)c1c(NC(=O)CC[NH+]2CC(C)OC(C)C2)sc(C)c1C. The van der Waals surface area contributed by atoms with Crippen molar-refractivity contribution >= 4 is 28.2 Å². The van der Waals surface area contributed by atoms with Gasteiger partial charge in [0.1, 0.15) is 30.3 Å². The van der Waals surface area contributed by atoms with E-state index in [0.29, 0.717) is 17.0 Å². The molecule has 1 amide bonds. The second-order valence-corrected chi connectivity index (χ2v) is 7.67. The molecule has 1 aliphatic rings. The summed E-state index contributed by atoms with van der Waals surface area (Å²) in [6, 6.07) is 0. The zero-order valence-corrected chi connectivity index (χ0v) is 15.8. The van der Waals surface area contributed by atoms with Gasteiger partial charge < -0.3 is 19.7 Å². The van der Waals surface area contributed by atoms with Crippen LogP contribution in [0.15, 0.2) is 0 Å². The Balaban J connectivity index is 1.95. The molecule has 6 nitrogen and oxygen atoms in total. The van der Waals surface area contributed by atoms with Gasteiger partial charge in [0.15, 0.2) is 0 Å². The summed E-state index contributed by atoms with van der Waals surface area (Å²) in [5.41, 5.74) is 1.33. The molecule has 24 heavy (non-hydrogen) atoms. The largest absolute Gasteiger partial charge is 0.465 e. The summed E-state index contributed by atoms with van der Waals surface area (Å²) < 4.78 is 10.5. The molecule has 0 aromatic carbocycles. The molecular formula is C17H27N2O4S+. The van der Waals surface area contributed by atoms with Crippen LogP contribution in [-0.4, -0.2) is 50.8 Å². The van der Waals surface area contributed by atoms with E-state index in [2.05, 4.69) is 19.2 Å². The van der Waals surface area contributed by atoms with Gasteiger partial charge in [0.25, 0.3) is 0 Å². The van der Waals surface area contributed by atoms with Crippen LogP contribution in [-0.2, 0) is 14.3 Å². The van der Waals surface area contributed by atoms with Crippen molar-refractivity contribution in [2.75, 3.05) is 32.1 Å². The van der Waals surface area contributed by atoms with Crippen LogP contribution in [0, 0.1) is 13.8 Å². The van der Waals surface area contributed by atoms with Crippen molar-refractivity contribution in [2.24, 2.45) is 0 Å². The van der Waals surface area contributed by atoms with Gasteiger partial charge in [0, 0.05) is 4.88 Å². The van der Waals surface area contributed by atoms with Crippen LogP contribution in [0.3, 0.4) is 0 Å². The first-order chi connectivity index (χ1) is 11.3. The Hall–Kier alpha value is -1.44. The minimum Gasteiger partial charge on any atom is -0.465 e. The Morgan fingerprint density at radius 3 is 2.50 bits per heavy atom. The molecule has 2 heterocycles. The van der Waals surface area contributed by atoms with E-state index in [0.717, 1.165) is 30.1 Å². The van der Waals surface area contributed by atoms with E-state index in [-0.39, 0.29) is 18.1 Å². The number of carbonyl (C=O) groups excluding carboxylic acids is 2. The van der Waals surface area contributed by atoms with Crippen molar-refractivity contribution in [2.45, 2.75) is 46.3 Å². The van der Waals surface area contributed by atoms with Gasteiger partial charge in [-0.2, -0.15) is 0 Å². The molecule has 134 valence electrons. The molecule has 1 saturated heterocycles. The number of anilines is 1. The van der Waals surface area contributed by atoms with Crippen molar-refractivity contribution in [1.29, 1.82) is 0 Å². The second-order valence-electron chi connectivity index (χ2n) is 6.44. The zero-order valence-electron chi connectivity index (χ0n) is 15.0. The Bertz CT molecular complexity index is 604. The van der Waals surface area contributed by atoms with Crippen molar-refractivity contribution in [3.05, 3.63) is 16.0 Å². The second kappa shape index (κ2) is 8.09. The third-order valence-corrected chi connectivity index (χ3v) is 5.47. The Morgan fingerprint density at radius 1 is 1.29 bits per heavy atom. The lowest BCUT2D eigenvalue weighted by Crippen LogP contribution is -3.15. The fourth-order valence-electron chi connectivity index (χ4n) is 3.14. The molecule has 0 spiro atoms. The van der Waals surface area contributed by atoms with Crippen LogP contribution in [0.2, 0.25) is 0 Å². The predicted molar refractivity (Wildman–Crippen MR) is 94.0 cm³/mol. The first-order valence-corrected chi connectivity index (χ1v) is 9.10. The van der Waals surface area contributed by atoms with Crippen LogP contribution in [0.4, 0.5) is 5.00 Å². The Labute approximate surface area is 147 Å². The lowest BCUT2D eigenvalue weighted by Gasteiger charge is -2.32. The predicted octanol–water partition coefficient (Wildman–Crippen LogP) is 1.17. The first kappa shape index (κ1) is 18.9. The third-order valence-electron chi connectivity index (χ3n) is 4.35. The van der Waals surface area contributed by atoms with Gasteiger partial charge >= 0.3 is 5.97 Å². The average Bonchev–Trinajstić information content (AvgIpc) is 2.78. The van der Waals surface area contributed by atoms with Gasteiger partial charge in [-0.3, -0.25) is 4.79 Å². The summed E-state index contributed by atoms with van der Waals surface area (Å²) in [6.45, 7) is 10.5. The quantitative estimate of drug-likeness (QED) is 0.778. The minimum atomic E-state index is -0.409. The summed E-state index contributed by atoms with van der Waals surface area (Å²) in [7, 11) is 1.35. The van der Waals surface area contributed by atoms with E-state index in [1.165, 1.54) is 23.3 Å². The van der Waals surface area contributed by atoms with Crippen molar-refractivity contribution in [3.8, 4) is 0 Å². The van der Waals surface area contributed by atoms with Crippen LogP contribution in [0.5, 0.6) is 0 Å². The number of hydrogen-bond donors (Lipinski definition) is 2. The van der Waals surface area contributed by atoms with Gasteiger partial charge in [-0.25, -0.2) is 4.79 Å². The van der Waals surface area contributed by atoms with E-state index in [4.69, 9.17) is 9.47 Å². The normalized spacial score (nSPS) is 23.8. The summed E-state index contributed by atoms with van der Waals surface area (Å²) in [4.78, 5) is 26.6. The molecule has 2 atom stereocenters. The van der Waals surface area contributed by atoms with Crippen LogP contribution in [0.25, 0.3) is 0 Å². The molecule has 2 unspecified atom stereocenters. The fourth-order valence-corrected chi connectivity index (χ4v) is 4.20. The molecule has 1 aromatic heterocycles. The fraction of sp³-hybridized carbons (Fsp3) is 0.647. The van der Waals surface area contributed by atoms with E-state index in [1.54, 1.807) is 0 Å². The molecule has 0 bridgehead atoms. The van der Waals surface area contributed by atoms with Crippen molar-refractivity contribution < 1.29 is 24.0 Å². The zero-order chi connectivity index (χ0) is 17.9. The highest BCUT2D eigenvalue weighted by atomic mass is 32.1. The Kier molecular flexibility index (Phi) is 6.37. The lowest BCUT2D eigenvalue weighted by molar-refractivity contribution is -0.914. The van der Waals surface area contributed by atoms with E-state index < -0.39 is 5.97 Å². The van der Waals surface area contributed by atoms with Crippen LogP contribution in [0.1, 0.15) is 41.1 Å². The highest BCUT2D eigenvalue weighted by Crippen LogP contribution is 2.32. The number of morpholine rings is 1. The maximum atomic E-state index is 12.3. The molecule has 7 heteroatoms. The molecule has 2 rings (SSSR count). The molecular weight excluding hydrogens is 328 g/mol. The molecule has 1 aliphatic heterocycles. The van der Waals surface area contributed by atoms with Gasteiger partial charge in [0.05, 0.1) is 25.6 Å². The van der Waals surface area contributed by atoms with Crippen LogP contribution >= 0.6 is 11.3 Å². The first-order valence-electron chi connectivity index (χ1n) is 8.29. The van der Waals surface area contributed by atoms with E-state index in [9.17, 15) is 9.59 Å². The number of esters is 1. The number of ether oxygens (including phenoxy) is 2. The lowest BCUT2D eigenvalue weighted by atomic mass is 10.1. The topological polar surface area (TPSA) is 69.1 Å². The van der Waals surface area contributed by atoms with Gasteiger partial charge in [0.2, 0.25) is 5.91 Å². The van der Waals surface area contributed by atoms with Gasteiger partial charge in [-0.1, -0.05) is 0 Å². The highest BCUT2D eigenvalue weighted by molar-refractivity contribution is 7.16. The van der Waals surface area contributed by atoms with Crippen LogP contribution < -0.4 is 10.2 Å². The monoisotopic (exact) mass is 355 g/mol. The maximum Gasteiger partial charge on any atom is 0.341 e. The molecule has 0 radical (unpaired) electrons. The Morgan fingerprint density at radius 2 is 1.92 bits per heavy atom. The third kappa shape index (κ3) is 4.55. The number of rotatable bonds is 5. The summed E-state index contributed by atoms with van der Waals surface area (Å²) in [6.07, 6.45) is 0.867. The minimum absolute atomic E-state index is 0.0688. The summed E-state index contributed by atoms with van der Waals surface area (Å²) in [5.74, 6) is -0.477.